The summed E-state index contributed by atoms with van der Waals surface area (Å²) < 4.78 is 1.62. The molecule has 0 unspecified atom stereocenters. The monoisotopic (exact) mass is 319 g/mol. The van der Waals surface area contributed by atoms with E-state index in [-0.39, 0.29) is 11.8 Å². The molecule has 1 heterocycles. The standard InChI is InChI=1S/C20H21N3O/c1-15-13-19(23(2)22-15)20(24)21-14-18(16-9-5-3-6-10-16)17-11-7-4-8-12-17/h3-13,18H,14H2,1-2H3,(H,21,24). The van der Waals surface area contributed by atoms with Gasteiger partial charge in [-0.1, -0.05) is 60.7 Å². The summed E-state index contributed by atoms with van der Waals surface area (Å²) in [6, 6.07) is 22.3. The Morgan fingerprint density at radius 2 is 1.58 bits per heavy atom. The van der Waals surface area contributed by atoms with Crippen LogP contribution in [0.15, 0.2) is 66.7 Å². The van der Waals surface area contributed by atoms with Crippen LogP contribution in [0.5, 0.6) is 0 Å². The zero-order valence-corrected chi connectivity index (χ0v) is 13.9. The number of aryl methyl sites for hydroxylation is 2. The van der Waals surface area contributed by atoms with Crippen LogP contribution in [0.1, 0.15) is 33.2 Å². The Kier molecular flexibility index (Phi) is 4.75. The molecule has 0 saturated carbocycles. The molecule has 0 aliphatic carbocycles. The molecule has 3 rings (SSSR count). The zero-order chi connectivity index (χ0) is 16.9. The fourth-order valence-corrected chi connectivity index (χ4v) is 2.91. The molecule has 122 valence electrons. The van der Waals surface area contributed by atoms with Crippen LogP contribution in [0.25, 0.3) is 0 Å². The normalized spacial score (nSPS) is 10.8. The van der Waals surface area contributed by atoms with Crippen LogP contribution in [0, 0.1) is 6.92 Å². The Hall–Kier alpha value is -2.88. The molecule has 4 heteroatoms. The second kappa shape index (κ2) is 7.13. The molecule has 1 amide bonds. The van der Waals surface area contributed by atoms with Gasteiger partial charge in [0.15, 0.2) is 0 Å². The lowest BCUT2D eigenvalue weighted by Gasteiger charge is -2.19. The number of nitrogens with zero attached hydrogens (tertiary/aromatic N) is 2. The summed E-state index contributed by atoms with van der Waals surface area (Å²) in [5.41, 5.74) is 3.79. The molecule has 0 aliphatic heterocycles. The minimum Gasteiger partial charge on any atom is -0.350 e. The van der Waals surface area contributed by atoms with Gasteiger partial charge in [-0.05, 0) is 24.1 Å². The molecule has 1 aromatic heterocycles. The van der Waals surface area contributed by atoms with E-state index in [2.05, 4.69) is 34.7 Å². The number of amides is 1. The number of aromatic nitrogens is 2. The van der Waals surface area contributed by atoms with Crippen molar-refractivity contribution in [1.29, 1.82) is 0 Å². The number of benzene rings is 2. The highest BCUT2D eigenvalue weighted by Gasteiger charge is 2.17. The van der Waals surface area contributed by atoms with Crippen LogP contribution < -0.4 is 5.32 Å². The van der Waals surface area contributed by atoms with E-state index >= 15 is 0 Å². The van der Waals surface area contributed by atoms with Crippen molar-refractivity contribution in [3.05, 3.63) is 89.2 Å². The fraction of sp³-hybridized carbons (Fsp3) is 0.200. The van der Waals surface area contributed by atoms with Gasteiger partial charge in [0.2, 0.25) is 0 Å². The molecule has 3 aromatic rings. The van der Waals surface area contributed by atoms with Crippen LogP contribution in [-0.2, 0) is 7.05 Å². The Morgan fingerprint density at radius 1 is 1.04 bits per heavy atom. The highest BCUT2D eigenvalue weighted by Crippen LogP contribution is 2.23. The quantitative estimate of drug-likeness (QED) is 0.784. The summed E-state index contributed by atoms with van der Waals surface area (Å²) in [4.78, 5) is 12.5. The predicted octanol–water partition coefficient (Wildman–Crippen LogP) is 3.29. The molecule has 0 spiro atoms. The summed E-state index contributed by atoms with van der Waals surface area (Å²) in [6.45, 7) is 2.42. The van der Waals surface area contributed by atoms with Gasteiger partial charge in [-0.3, -0.25) is 9.48 Å². The SMILES string of the molecule is Cc1cc(C(=O)NCC(c2ccccc2)c2ccccc2)n(C)n1. The minimum atomic E-state index is -0.102. The molecule has 1 N–H and O–H groups in total. The Morgan fingerprint density at radius 3 is 2.04 bits per heavy atom. The molecule has 0 saturated heterocycles. The van der Waals surface area contributed by atoms with Gasteiger partial charge < -0.3 is 5.32 Å². The van der Waals surface area contributed by atoms with Crippen molar-refractivity contribution in [2.45, 2.75) is 12.8 Å². The summed E-state index contributed by atoms with van der Waals surface area (Å²) in [6.07, 6.45) is 0. The first-order chi connectivity index (χ1) is 11.6. The van der Waals surface area contributed by atoms with Gasteiger partial charge in [-0.15, -0.1) is 0 Å². The maximum atomic E-state index is 12.5. The van der Waals surface area contributed by atoms with Gasteiger partial charge in [0, 0.05) is 19.5 Å². The van der Waals surface area contributed by atoms with Gasteiger partial charge in [0.05, 0.1) is 5.69 Å². The highest BCUT2D eigenvalue weighted by atomic mass is 16.2. The van der Waals surface area contributed by atoms with E-state index in [0.29, 0.717) is 12.2 Å². The maximum Gasteiger partial charge on any atom is 0.269 e. The van der Waals surface area contributed by atoms with Gasteiger partial charge in [0.1, 0.15) is 5.69 Å². The van der Waals surface area contributed by atoms with E-state index in [1.807, 2.05) is 43.3 Å². The van der Waals surface area contributed by atoms with Crippen molar-refractivity contribution in [2.75, 3.05) is 6.54 Å². The molecule has 2 aromatic carbocycles. The molecule has 4 nitrogen and oxygen atoms in total. The Labute approximate surface area is 142 Å². The Bertz CT molecular complexity index is 770. The first-order valence-electron chi connectivity index (χ1n) is 8.04. The lowest BCUT2D eigenvalue weighted by atomic mass is 9.91. The van der Waals surface area contributed by atoms with Crippen LogP contribution >= 0.6 is 0 Å². The van der Waals surface area contributed by atoms with E-state index in [1.54, 1.807) is 17.8 Å². The molecule has 0 aliphatic rings. The first-order valence-corrected chi connectivity index (χ1v) is 8.04. The number of nitrogens with one attached hydrogen (secondary N) is 1. The third-order valence-corrected chi connectivity index (χ3v) is 4.11. The average molecular weight is 319 g/mol. The van der Waals surface area contributed by atoms with Crippen molar-refractivity contribution in [3.8, 4) is 0 Å². The van der Waals surface area contributed by atoms with E-state index in [1.165, 1.54) is 11.1 Å². The van der Waals surface area contributed by atoms with Crippen molar-refractivity contribution >= 4 is 5.91 Å². The second-order valence-corrected chi connectivity index (χ2v) is 5.88. The van der Waals surface area contributed by atoms with Gasteiger partial charge in [0.25, 0.3) is 5.91 Å². The zero-order valence-electron chi connectivity index (χ0n) is 13.9. The van der Waals surface area contributed by atoms with Crippen LogP contribution in [0.4, 0.5) is 0 Å². The summed E-state index contributed by atoms with van der Waals surface area (Å²) in [5, 5.41) is 7.28. The van der Waals surface area contributed by atoms with Gasteiger partial charge >= 0.3 is 0 Å². The predicted molar refractivity (Wildman–Crippen MR) is 95.0 cm³/mol. The Balaban J connectivity index is 1.80. The molecule has 0 bridgehead atoms. The minimum absolute atomic E-state index is 0.102. The average Bonchev–Trinajstić information content (AvgIpc) is 2.95. The lowest BCUT2D eigenvalue weighted by Crippen LogP contribution is -2.30. The van der Waals surface area contributed by atoms with Crippen molar-refractivity contribution in [2.24, 2.45) is 7.05 Å². The van der Waals surface area contributed by atoms with Crippen LogP contribution in [0.3, 0.4) is 0 Å². The fourth-order valence-electron chi connectivity index (χ4n) is 2.91. The van der Waals surface area contributed by atoms with E-state index < -0.39 is 0 Å². The van der Waals surface area contributed by atoms with Crippen molar-refractivity contribution in [3.63, 3.8) is 0 Å². The van der Waals surface area contributed by atoms with E-state index in [4.69, 9.17) is 0 Å². The highest BCUT2D eigenvalue weighted by molar-refractivity contribution is 5.92. The maximum absolute atomic E-state index is 12.5. The smallest absolute Gasteiger partial charge is 0.269 e. The number of carbonyl (C=O) groups excluding carboxylic acids is 1. The second-order valence-electron chi connectivity index (χ2n) is 5.88. The number of hydrogen-bond donors (Lipinski definition) is 1. The molecule has 24 heavy (non-hydrogen) atoms. The van der Waals surface area contributed by atoms with Crippen molar-refractivity contribution in [1.82, 2.24) is 15.1 Å². The molecule has 0 fully saturated rings. The topological polar surface area (TPSA) is 46.9 Å². The third kappa shape index (κ3) is 3.54. The first kappa shape index (κ1) is 16.0. The summed E-state index contributed by atoms with van der Waals surface area (Å²) in [5.74, 6) is 0.0145. The lowest BCUT2D eigenvalue weighted by molar-refractivity contribution is 0.0943. The largest absolute Gasteiger partial charge is 0.350 e. The summed E-state index contributed by atoms with van der Waals surface area (Å²) in [7, 11) is 1.79. The van der Waals surface area contributed by atoms with E-state index in [9.17, 15) is 4.79 Å². The van der Waals surface area contributed by atoms with E-state index in [0.717, 1.165) is 5.69 Å². The molecular weight excluding hydrogens is 298 g/mol. The number of rotatable bonds is 5. The third-order valence-electron chi connectivity index (χ3n) is 4.11. The molecule has 0 atom stereocenters. The van der Waals surface area contributed by atoms with Crippen LogP contribution in [0.2, 0.25) is 0 Å². The molecule has 0 radical (unpaired) electrons. The molecular formula is C20H21N3O. The van der Waals surface area contributed by atoms with Gasteiger partial charge in [-0.2, -0.15) is 5.10 Å². The number of carbonyl (C=O) groups is 1. The van der Waals surface area contributed by atoms with Crippen LogP contribution in [-0.4, -0.2) is 22.2 Å². The number of hydrogen-bond acceptors (Lipinski definition) is 2. The van der Waals surface area contributed by atoms with Gasteiger partial charge in [-0.25, -0.2) is 0 Å². The summed E-state index contributed by atoms with van der Waals surface area (Å²) >= 11 is 0. The van der Waals surface area contributed by atoms with Crippen molar-refractivity contribution < 1.29 is 4.79 Å².